The second-order valence-corrected chi connectivity index (χ2v) is 6.35. The number of hydrogen-bond donors (Lipinski definition) is 3. The van der Waals surface area contributed by atoms with Crippen LogP contribution < -0.4 is 16.0 Å². The van der Waals surface area contributed by atoms with Gasteiger partial charge in [0.1, 0.15) is 0 Å². The van der Waals surface area contributed by atoms with Crippen LogP contribution in [-0.2, 0) is 11.3 Å². The molecule has 0 atom stereocenters. The van der Waals surface area contributed by atoms with Gasteiger partial charge in [0.25, 0.3) is 5.91 Å². The van der Waals surface area contributed by atoms with Crippen LogP contribution in [0.5, 0.6) is 0 Å². The maximum atomic E-state index is 12.1. The SMILES string of the molecule is CC(=O)Nc1ccccc1CNc1ccc(C(=O)NC(C)C)c(C)c1. The molecule has 2 aromatic rings. The lowest BCUT2D eigenvalue weighted by Crippen LogP contribution is -2.30. The third-order valence-electron chi connectivity index (χ3n) is 3.70. The fraction of sp³-hybridized carbons (Fsp3) is 0.300. The summed E-state index contributed by atoms with van der Waals surface area (Å²) in [6.07, 6.45) is 0. The topological polar surface area (TPSA) is 70.2 Å². The summed E-state index contributed by atoms with van der Waals surface area (Å²) in [7, 11) is 0. The summed E-state index contributed by atoms with van der Waals surface area (Å²) >= 11 is 0. The van der Waals surface area contributed by atoms with Gasteiger partial charge in [-0.3, -0.25) is 9.59 Å². The summed E-state index contributed by atoms with van der Waals surface area (Å²) in [6.45, 7) is 7.87. The van der Waals surface area contributed by atoms with E-state index in [4.69, 9.17) is 0 Å². The molecule has 0 aliphatic carbocycles. The van der Waals surface area contributed by atoms with Gasteiger partial charge in [0.2, 0.25) is 5.91 Å². The minimum atomic E-state index is -0.0937. The fourth-order valence-electron chi connectivity index (χ4n) is 2.55. The molecule has 0 fully saturated rings. The monoisotopic (exact) mass is 339 g/mol. The molecule has 2 amide bonds. The van der Waals surface area contributed by atoms with E-state index in [1.807, 2.05) is 63.2 Å². The van der Waals surface area contributed by atoms with Gasteiger partial charge >= 0.3 is 0 Å². The Labute approximate surface area is 148 Å². The highest BCUT2D eigenvalue weighted by atomic mass is 16.2. The highest BCUT2D eigenvalue weighted by Crippen LogP contribution is 2.19. The number of nitrogens with one attached hydrogen (secondary N) is 3. The van der Waals surface area contributed by atoms with Crippen LogP contribution in [0.4, 0.5) is 11.4 Å². The molecule has 25 heavy (non-hydrogen) atoms. The Balaban J connectivity index is 2.08. The van der Waals surface area contributed by atoms with Gasteiger partial charge in [-0.1, -0.05) is 18.2 Å². The second kappa shape index (κ2) is 8.33. The molecular weight excluding hydrogens is 314 g/mol. The van der Waals surface area contributed by atoms with Gasteiger partial charge in [-0.05, 0) is 56.2 Å². The first-order valence-electron chi connectivity index (χ1n) is 8.37. The van der Waals surface area contributed by atoms with Crippen LogP contribution in [0.15, 0.2) is 42.5 Å². The molecule has 0 unspecified atom stereocenters. The van der Waals surface area contributed by atoms with E-state index in [0.717, 1.165) is 22.5 Å². The number of para-hydroxylation sites is 1. The first-order chi connectivity index (χ1) is 11.9. The van der Waals surface area contributed by atoms with Crippen molar-refractivity contribution in [3.05, 3.63) is 59.2 Å². The van der Waals surface area contributed by atoms with Gasteiger partial charge in [0, 0.05) is 36.4 Å². The Hall–Kier alpha value is -2.82. The lowest BCUT2D eigenvalue weighted by Gasteiger charge is -2.14. The Morgan fingerprint density at radius 1 is 1.08 bits per heavy atom. The zero-order valence-corrected chi connectivity index (χ0v) is 15.1. The average molecular weight is 339 g/mol. The minimum Gasteiger partial charge on any atom is -0.381 e. The smallest absolute Gasteiger partial charge is 0.251 e. The van der Waals surface area contributed by atoms with Crippen molar-refractivity contribution in [3.63, 3.8) is 0 Å². The lowest BCUT2D eigenvalue weighted by atomic mass is 10.1. The maximum Gasteiger partial charge on any atom is 0.251 e. The molecule has 0 saturated carbocycles. The molecule has 5 nitrogen and oxygen atoms in total. The fourth-order valence-corrected chi connectivity index (χ4v) is 2.55. The molecule has 0 saturated heterocycles. The normalized spacial score (nSPS) is 10.4. The average Bonchev–Trinajstić information content (AvgIpc) is 2.52. The van der Waals surface area contributed by atoms with E-state index in [2.05, 4.69) is 16.0 Å². The maximum absolute atomic E-state index is 12.1. The van der Waals surface area contributed by atoms with E-state index in [0.29, 0.717) is 12.1 Å². The summed E-state index contributed by atoms with van der Waals surface area (Å²) in [5.74, 6) is -0.154. The molecule has 2 rings (SSSR count). The van der Waals surface area contributed by atoms with Crippen molar-refractivity contribution in [1.82, 2.24) is 5.32 Å². The standard InChI is InChI=1S/C20H25N3O2/c1-13(2)22-20(25)18-10-9-17(11-14(18)3)21-12-16-7-5-6-8-19(16)23-15(4)24/h5-11,13,21H,12H2,1-4H3,(H,22,25)(H,23,24). The molecule has 132 valence electrons. The van der Waals surface area contributed by atoms with Gasteiger partial charge in [0.05, 0.1) is 0 Å². The summed E-state index contributed by atoms with van der Waals surface area (Å²) in [6, 6.07) is 13.5. The van der Waals surface area contributed by atoms with Crippen molar-refractivity contribution >= 4 is 23.2 Å². The van der Waals surface area contributed by atoms with Crippen LogP contribution in [0.1, 0.15) is 42.3 Å². The molecule has 2 aromatic carbocycles. The zero-order valence-electron chi connectivity index (χ0n) is 15.1. The van der Waals surface area contributed by atoms with Crippen LogP contribution in [-0.4, -0.2) is 17.9 Å². The number of hydrogen-bond acceptors (Lipinski definition) is 3. The molecule has 0 bridgehead atoms. The third kappa shape index (κ3) is 5.35. The first-order valence-corrected chi connectivity index (χ1v) is 8.37. The predicted octanol–water partition coefficient (Wildman–Crippen LogP) is 3.70. The highest BCUT2D eigenvalue weighted by molar-refractivity contribution is 5.96. The number of rotatable bonds is 6. The molecule has 0 aliphatic rings. The van der Waals surface area contributed by atoms with Crippen molar-refractivity contribution in [2.24, 2.45) is 0 Å². The van der Waals surface area contributed by atoms with Gasteiger partial charge in [0.15, 0.2) is 0 Å². The van der Waals surface area contributed by atoms with Crippen LogP contribution in [0, 0.1) is 6.92 Å². The Morgan fingerprint density at radius 3 is 2.44 bits per heavy atom. The van der Waals surface area contributed by atoms with E-state index in [1.54, 1.807) is 0 Å². The number of carbonyl (C=O) groups is 2. The Bertz CT molecular complexity index is 769. The molecule has 0 heterocycles. The highest BCUT2D eigenvalue weighted by Gasteiger charge is 2.10. The third-order valence-corrected chi connectivity index (χ3v) is 3.70. The Kier molecular flexibility index (Phi) is 6.17. The molecule has 5 heteroatoms. The first kappa shape index (κ1) is 18.5. The number of anilines is 2. The number of carbonyl (C=O) groups excluding carboxylic acids is 2. The van der Waals surface area contributed by atoms with Crippen molar-refractivity contribution in [1.29, 1.82) is 0 Å². The molecule has 0 radical (unpaired) electrons. The summed E-state index contributed by atoms with van der Waals surface area (Å²) in [5.41, 5.74) is 4.32. The van der Waals surface area contributed by atoms with E-state index in [9.17, 15) is 9.59 Å². The van der Waals surface area contributed by atoms with Crippen molar-refractivity contribution in [2.45, 2.75) is 40.3 Å². The molecule has 0 aromatic heterocycles. The van der Waals surface area contributed by atoms with E-state index in [-0.39, 0.29) is 17.9 Å². The van der Waals surface area contributed by atoms with Crippen LogP contribution >= 0.6 is 0 Å². The largest absolute Gasteiger partial charge is 0.381 e. The quantitative estimate of drug-likeness (QED) is 0.751. The molecule has 3 N–H and O–H groups in total. The van der Waals surface area contributed by atoms with Crippen LogP contribution in [0.3, 0.4) is 0 Å². The Morgan fingerprint density at radius 2 is 1.80 bits per heavy atom. The van der Waals surface area contributed by atoms with Gasteiger partial charge in [-0.25, -0.2) is 0 Å². The van der Waals surface area contributed by atoms with Gasteiger partial charge in [-0.2, -0.15) is 0 Å². The van der Waals surface area contributed by atoms with Crippen LogP contribution in [0.25, 0.3) is 0 Å². The number of aryl methyl sites for hydroxylation is 1. The summed E-state index contributed by atoms with van der Waals surface area (Å²) < 4.78 is 0. The van der Waals surface area contributed by atoms with Crippen LogP contribution in [0.2, 0.25) is 0 Å². The summed E-state index contributed by atoms with van der Waals surface area (Å²) in [5, 5.41) is 9.07. The minimum absolute atomic E-state index is 0.0601. The van der Waals surface area contributed by atoms with Gasteiger partial charge < -0.3 is 16.0 Å². The number of amides is 2. The lowest BCUT2D eigenvalue weighted by molar-refractivity contribution is -0.114. The van der Waals surface area contributed by atoms with Gasteiger partial charge in [-0.15, -0.1) is 0 Å². The van der Waals surface area contributed by atoms with Crippen molar-refractivity contribution in [3.8, 4) is 0 Å². The molecule has 0 spiro atoms. The zero-order chi connectivity index (χ0) is 18.4. The number of benzene rings is 2. The van der Waals surface area contributed by atoms with Crippen molar-refractivity contribution < 1.29 is 9.59 Å². The van der Waals surface area contributed by atoms with Crippen molar-refractivity contribution in [2.75, 3.05) is 10.6 Å². The molecular formula is C20H25N3O2. The van der Waals surface area contributed by atoms with E-state index < -0.39 is 0 Å². The second-order valence-electron chi connectivity index (χ2n) is 6.35. The predicted molar refractivity (Wildman–Crippen MR) is 102 cm³/mol. The summed E-state index contributed by atoms with van der Waals surface area (Å²) in [4.78, 5) is 23.4. The van der Waals surface area contributed by atoms with E-state index in [1.165, 1.54) is 6.92 Å². The van der Waals surface area contributed by atoms with E-state index >= 15 is 0 Å². The molecule has 0 aliphatic heterocycles.